The summed E-state index contributed by atoms with van der Waals surface area (Å²) in [4.78, 5) is 8.41. The predicted molar refractivity (Wildman–Crippen MR) is 67.8 cm³/mol. The van der Waals surface area contributed by atoms with Gasteiger partial charge in [-0.2, -0.15) is 0 Å². The highest BCUT2D eigenvalue weighted by Gasteiger charge is 2.02. The second-order valence-electron chi connectivity index (χ2n) is 3.34. The van der Waals surface area contributed by atoms with E-state index in [4.69, 9.17) is 11.5 Å². The maximum absolute atomic E-state index is 5.33. The van der Waals surface area contributed by atoms with Crippen molar-refractivity contribution in [2.45, 2.75) is 6.92 Å². The minimum Gasteiger partial charge on any atom is -0.370 e. The van der Waals surface area contributed by atoms with Crippen LogP contribution in [0.25, 0.3) is 11.3 Å². The van der Waals surface area contributed by atoms with Crippen LogP contribution in [-0.4, -0.2) is 10.9 Å². The molecule has 0 radical (unpaired) electrons. The molecule has 0 saturated carbocycles. The van der Waals surface area contributed by atoms with E-state index in [-0.39, 0.29) is 5.96 Å². The maximum Gasteiger partial charge on any atom is 0.191 e. The Labute approximate surface area is 97.7 Å². The fraction of sp³-hybridized carbons (Fsp3) is 0.0909. The van der Waals surface area contributed by atoms with Crippen molar-refractivity contribution in [2.24, 2.45) is 16.5 Å². The van der Waals surface area contributed by atoms with E-state index in [2.05, 4.69) is 9.98 Å². The molecule has 0 saturated heterocycles. The highest BCUT2D eigenvalue weighted by molar-refractivity contribution is 7.09. The van der Waals surface area contributed by atoms with Gasteiger partial charge in [0.2, 0.25) is 0 Å². The first-order chi connectivity index (χ1) is 7.65. The Balaban J connectivity index is 2.40. The number of aliphatic imine (C=N–C) groups is 1. The molecule has 4 nitrogen and oxygen atoms in total. The molecule has 0 bridgehead atoms. The summed E-state index contributed by atoms with van der Waals surface area (Å²) in [5.74, 6) is 0.0617. The standard InChI is InChI=1S/C11H12N4S/c1-7-14-10(6-16-7)8-3-2-4-9(5-8)15-11(12)13/h2-6H,1H3,(H4,12,13,15). The number of nitrogens with two attached hydrogens (primary N) is 2. The van der Waals surface area contributed by atoms with Crippen molar-refractivity contribution < 1.29 is 0 Å². The molecular formula is C11H12N4S. The lowest BCUT2D eigenvalue weighted by atomic mass is 10.1. The number of guanidine groups is 1. The van der Waals surface area contributed by atoms with Crippen LogP contribution in [0.15, 0.2) is 34.6 Å². The first-order valence-electron chi connectivity index (χ1n) is 4.77. The number of thiazole rings is 1. The van der Waals surface area contributed by atoms with Crippen molar-refractivity contribution in [3.05, 3.63) is 34.7 Å². The molecule has 0 aliphatic rings. The minimum atomic E-state index is 0.0617. The van der Waals surface area contributed by atoms with Crippen molar-refractivity contribution >= 4 is 23.0 Å². The van der Waals surface area contributed by atoms with Crippen LogP contribution in [-0.2, 0) is 0 Å². The highest BCUT2D eigenvalue weighted by atomic mass is 32.1. The molecule has 5 heteroatoms. The van der Waals surface area contributed by atoms with Crippen molar-refractivity contribution in [3.63, 3.8) is 0 Å². The average Bonchev–Trinajstić information content (AvgIpc) is 2.64. The summed E-state index contributed by atoms with van der Waals surface area (Å²) < 4.78 is 0. The van der Waals surface area contributed by atoms with Crippen LogP contribution < -0.4 is 11.5 Å². The van der Waals surface area contributed by atoms with Crippen LogP contribution in [0.5, 0.6) is 0 Å². The van der Waals surface area contributed by atoms with Crippen LogP contribution >= 0.6 is 11.3 Å². The van der Waals surface area contributed by atoms with Gasteiger partial charge in [-0.25, -0.2) is 9.98 Å². The van der Waals surface area contributed by atoms with E-state index in [1.165, 1.54) is 0 Å². The van der Waals surface area contributed by atoms with Gasteiger partial charge in [0, 0.05) is 10.9 Å². The van der Waals surface area contributed by atoms with Crippen molar-refractivity contribution in [2.75, 3.05) is 0 Å². The Kier molecular flexibility index (Phi) is 2.87. The van der Waals surface area contributed by atoms with Crippen LogP contribution in [0, 0.1) is 6.92 Å². The van der Waals surface area contributed by atoms with E-state index in [0.717, 1.165) is 22.0 Å². The zero-order valence-electron chi connectivity index (χ0n) is 8.84. The quantitative estimate of drug-likeness (QED) is 0.614. The van der Waals surface area contributed by atoms with Crippen molar-refractivity contribution in [1.82, 2.24) is 4.98 Å². The predicted octanol–water partition coefficient (Wildman–Crippen LogP) is 2.02. The second-order valence-corrected chi connectivity index (χ2v) is 4.40. The molecule has 1 heterocycles. The number of hydrogen-bond acceptors (Lipinski definition) is 3. The van der Waals surface area contributed by atoms with Gasteiger partial charge in [0.15, 0.2) is 5.96 Å². The zero-order valence-corrected chi connectivity index (χ0v) is 9.66. The molecule has 0 aliphatic heterocycles. The van der Waals surface area contributed by atoms with Crippen LogP contribution in [0.4, 0.5) is 5.69 Å². The fourth-order valence-electron chi connectivity index (χ4n) is 1.38. The zero-order chi connectivity index (χ0) is 11.5. The van der Waals surface area contributed by atoms with Gasteiger partial charge in [0.05, 0.1) is 16.4 Å². The van der Waals surface area contributed by atoms with Gasteiger partial charge in [0.25, 0.3) is 0 Å². The molecule has 82 valence electrons. The topological polar surface area (TPSA) is 77.3 Å². The van der Waals surface area contributed by atoms with E-state index in [9.17, 15) is 0 Å². The molecule has 0 spiro atoms. The van der Waals surface area contributed by atoms with Crippen molar-refractivity contribution in [1.29, 1.82) is 0 Å². The van der Waals surface area contributed by atoms with Crippen LogP contribution in [0.3, 0.4) is 0 Å². The van der Waals surface area contributed by atoms with Crippen LogP contribution in [0.2, 0.25) is 0 Å². The van der Waals surface area contributed by atoms with Gasteiger partial charge >= 0.3 is 0 Å². The second kappa shape index (κ2) is 4.32. The van der Waals surface area contributed by atoms with Crippen LogP contribution in [0.1, 0.15) is 5.01 Å². The monoisotopic (exact) mass is 232 g/mol. The number of hydrogen-bond donors (Lipinski definition) is 2. The van der Waals surface area contributed by atoms with Gasteiger partial charge in [-0.3, -0.25) is 0 Å². The number of nitrogens with zero attached hydrogens (tertiary/aromatic N) is 2. The number of aromatic nitrogens is 1. The summed E-state index contributed by atoms with van der Waals surface area (Å²) >= 11 is 1.62. The SMILES string of the molecule is Cc1nc(-c2cccc(N=C(N)N)c2)cs1. The third-order valence-electron chi connectivity index (χ3n) is 2.02. The van der Waals surface area contributed by atoms with Gasteiger partial charge in [-0.15, -0.1) is 11.3 Å². The Morgan fingerprint density at radius 3 is 2.81 bits per heavy atom. The molecule has 0 atom stereocenters. The van der Waals surface area contributed by atoms with E-state index in [0.29, 0.717) is 0 Å². The maximum atomic E-state index is 5.33. The third-order valence-corrected chi connectivity index (χ3v) is 2.79. The molecule has 4 N–H and O–H groups in total. The third kappa shape index (κ3) is 2.38. The molecule has 2 rings (SSSR count). The summed E-state index contributed by atoms with van der Waals surface area (Å²) in [6.07, 6.45) is 0. The van der Waals surface area contributed by atoms with E-state index in [1.54, 1.807) is 11.3 Å². The van der Waals surface area contributed by atoms with E-state index in [1.807, 2.05) is 36.6 Å². The normalized spacial score (nSPS) is 10.1. The van der Waals surface area contributed by atoms with Crippen molar-refractivity contribution in [3.8, 4) is 11.3 Å². The summed E-state index contributed by atoms with van der Waals surface area (Å²) in [7, 11) is 0. The van der Waals surface area contributed by atoms with Gasteiger partial charge in [0.1, 0.15) is 0 Å². The number of rotatable bonds is 2. The molecule has 1 aromatic heterocycles. The van der Waals surface area contributed by atoms with E-state index >= 15 is 0 Å². The lowest BCUT2D eigenvalue weighted by Gasteiger charge is -1.99. The first kappa shape index (κ1) is 10.6. The Morgan fingerprint density at radius 1 is 1.38 bits per heavy atom. The average molecular weight is 232 g/mol. The molecule has 2 aromatic rings. The Bertz CT molecular complexity index is 526. The largest absolute Gasteiger partial charge is 0.370 e. The molecule has 16 heavy (non-hydrogen) atoms. The minimum absolute atomic E-state index is 0.0617. The fourth-order valence-corrected chi connectivity index (χ4v) is 2.00. The van der Waals surface area contributed by atoms with E-state index < -0.39 is 0 Å². The number of benzene rings is 1. The Hall–Kier alpha value is -1.88. The highest BCUT2D eigenvalue weighted by Crippen LogP contribution is 2.25. The molecular weight excluding hydrogens is 220 g/mol. The summed E-state index contributed by atoms with van der Waals surface area (Å²) in [5.41, 5.74) is 13.4. The first-order valence-corrected chi connectivity index (χ1v) is 5.65. The summed E-state index contributed by atoms with van der Waals surface area (Å²) in [6, 6.07) is 7.66. The lowest BCUT2D eigenvalue weighted by Crippen LogP contribution is -2.21. The van der Waals surface area contributed by atoms with Gasteiger partial charge < -0.3 is 11.5 Å². The molecule has 0 aliphatic carbocycles. The molecule has 1 aromatic carbocycles. The lowest BCUT2D eigenvalue weighted by molar-refractivity contribution is 1.30. The number of aryl methyl sites for hydroxylation is 1. The molecule has 0 amide bonds. The smallest absolute Gasteiger partial charge is 0.191 e. The Morgan fingerprint density at radius 2 is 2.19 bits per heavy atom. The van der Waals surface area contributed by atoms with Gasteiger partial charge in [-0.05, 0) is 19.1 Å². The molecule has 0 fully saturated rings. The summed E-state index contributed by atoms with van der Waals surface area (Å²) in [6.45, 7) is 1.98. The van der Waals surface area contributed by atoms with Gasteiger partial charge in [-0.1, -0.05) is 12.1 Å². The molecule has 0 unspecified atom stereocenters. The summed E-state index contributed by atoms with van der Waals surface area (Å²) in [5, 5.41) is 3.06.